The van der Waals surface area contributed by atoms with Crippen molar-refractivity contribution in [2.75, 3.05) is 6.26 Å². The number of nitrogens with zero attached hydrogens (tertiary/aromatic N) is 1. The van der Waals surface area contributed by atoms with E-state index in [0.717, 1.165) is 23.3 Å². The maximum atomic E-state index is 11.5. The van der Waals surface area contributed by atoms with Crippen LogP contribution < -0.4 is 15.0 Å². The third-order valence-electron chi connectivity index (χ3n) is 4.09. The zero-order valence-corrected chi connectivity index (χ0v) is 16.3. The second-order valence-corrected chi connectivity index (χ2v) is 8.32. The number of aromatic nitrogens is 1. The molecule has 0 amide bonds. The molecule has 0 bridgehead atoms. The SMILES string of the molecule is CS(=O)(=O)c1ccc(OC2=CC(c3ccc(Oc4ccccc4)cc3)ON2)cn1. The van der Waals surface area contributed by atoms with Gasteiger partial charge in [0.05, 0.1) is 6.20 Å². The van der Waals surface area contributed by atoms with Crippen molar-refractivity contribution >= 4 is 9.84 Å². The molecule has 1 unspecified atom stereocenters. The van der Waals surface area contributed by atoms with Gasteiger partial charge in [0.15, 0.2) is 14.9 Å². The summed E-state index contributed by atoms with van der Waals surface area (Å²) in [4.78, 5) is 9.43. The van der Waals surface area contributed by atoms with E-state index in [1.54, 1.807) is 6.08 Å². The fourth-order valence-electron chi connectivity index (χ4n) is 2.67. The summed E-state index contributed by atoms with van der Waals surface area (Å²) in [7, 11) is -3.35. The van der Waals surface area contributed by atoms with Gasteiger partial charge in [0, 0.05) is 12.3 Å². The Kier molecular flexibility index (Phi) is 5.20. The molecule has 0 radical (unpaired) electrons. The molecule has 0 aliphatic carbocycles. The van der Waals surface area contributed by atoms with E-state index in [4.69, 9.17) is 14.3 Å². The molecule has 0 spiro atoms. The summed E-state index contributed by atoms with van der Waals surface area (Å²) in [6.07, 6.45) is 3.89. The van der Waals surface area contributed by atoms with Crippen LogP contribution in [-0.2, 0) is 14.7 Å². The van der Waals surface area contributed by atoms with E-state index in [-0.39, 0.29) is 11.1 Å². The van der Waals surface area contributed by atoms with Crippen molar-refractivity contribution < 1.29 is 22.7 Å². The molecule has 1 aliphatic heterocycles. The molecule has 1 N–H and O–H groups in total. The Hall–Kier alpha value is -3.36. The normalized spacial score (nSPS) is 16.0. The van der Waals surface area contributed by atoms with Gasteiger partial charge in [-0.2, -0.15) is 0 Å². The molecule has 8 heteroatoms. The summed E-state index contributed by atoms with van der Waals surface area (Å²) in [6, 6.07) is 20.0. The summed E-state index contributed by atoms with van der Waals surface area (Å²) in [6.45, 7) is 0. The van der Waals surface area contributed by atoms with Gasteiger partial charge in [0.25, 0.3) is 0 Å². The van der Waals surface area contributed by atoms with Crippen molar-refractivity contribution in [3.8, 4) is 17.2 Å². The second kappa shape index (κ2) is 7.94. The number of ether oxygens (including phenoxy) is 2. The molecule has 4 rings (SSSR count). The van der Waals surface area contributed by atoms with Crippen molar-refractivity contribution in [3.63, 3.8) is 0 Å². The molecular weight excluding hydrogens is 392 g/mol. The van der Waals surface area contributed by atoms with Crippen LogP contribution in [0.1, 0.15) is 11.7 Å². The van der Waals surface area contributed by atoms with E-state index in [2.05, 4.69) is 10.5 Å². The third-order valence-corrected chi connectivity index (χ3v) is 5.09. The van der Waals surface area contributed by atoms with Gasteiger partial charge in [0.1, 0.15) is 23.4 Å². The number of hydrogen-bond donors (Lipinski definition) is 1. The lowest BCUT2D eigenvalue weighted by atomic mass is 10.1. The predicted molar refractivity (Wildman–Crippen MR) is 106 cm³/mol. The van der Waals surface area contributed by atoms with Crippen LogP contribution in [0.2, 0.25) is 0 Å². The van der Waals surface area contributed by atoms with Crippen molar-refractivity contribution in [1.82, 2.24) is 10.5 Å². The minimum absolute atomic E-state index is 0.00912. The minimum Gasteiger partial charge on any atom is -0.457 e. The Morgan fingerprint density at radius 3 is 2.24 bits per heavy atom. The van der Waals surface area contributed by atoms with Crippen LogP contribution in [-0.4, -0.2) is 19.7 Å². The molecule has 3 aromatic rings. The molecule has 0 fully saturated rings. The number of pyridine rings is 1. The van der Waals surface area contributed by atoms with Crippen molar-refractivity contribution in [2.24, 2.45) is 0 Å². The summed E-state index contributed by atoms with van der Waals surface area (Å²) in [5, 5.41) is -0.00912. The highest BCUT2D eigenvalue weighted by molar-refractivity contribution is 7.90. The fraction of sp³-hybridized carbons (Fsp3) is 0.0952. The zero-order chi connectivity index (χ0) is 20.3. The first-order valence-corrected chi connectivity index (χ1v) is 10.7. The standard InChI is InChI=1S/C21H18N2O5S/c1-29(24,25)21-12-11-18(14-22-21)27-20-13-19(28-23-20)15-7-9-17(10-8-15)26-16-5-3-2-4-6-16/h2-14,19,23H,1H3. The van der Waals surface area contributed by atoms with Gasteiger partial charge in [0.2, 0.25) is 5.88 Å². The smallest absolute Gasteiger partial charge is 0.216 e. The number of sulfone groups is 1. The highest BCUT2D eigenvalue weighted by Gasteiger charge is 2.20. The molecule has 1 aliphatic rings. The van der Waals surface area contributed by atoms with Gasteiger partial charge >= 0.3 is 0 Å². The first-order chi connectivity index (χ1) is 14.0. The van der Waals surface area contributed by atoms with Crippen LogP contribution >= 0.6 is 0 Å². The van der Waals surface area contributed by atoms with E-state index in [1.807, 2.05) is 54.6 Å². The topological polar surface area (TPSA) is 86.8 Å². The Morgan fingerprint density at radius 1 is 0.897 bits per heavy atom. The number of hydrogen-bond acceptors (Lipinski definition) is 7. The van der Waals surface area contributed by atoms with Crippen molar-refractivity contribution in [1.29, 1.82) is 0 Å². The van der Waals surface area contributed by atoms with Crippen LogP contribution in [0, 0.1) is 0 Å². The van der Waals surface area contributed by atoms with Gasteiger partial charge in [-0.15, -0.1) is 0 Å². The van der Waals surface area contributed by atoms with Gasteiger partial charge < -0.3 is 9.47 Å². The first-order valence-electron chi connectivity index (χ1n) is 8.78. The molecule has 0 saturated carbocycles. The van der Waals surface area contributed by atoms with Crippen LogP contribution in [0.25, 0.3) is 0 Å². The van der Waals surface area contributed by atoms with E-state index in [0.29, 0.717) is 11.6 Å². The Balaban J connectivity index is 1.40. The van der Waals surface area contributed by atoms with Crippen LogP contribution in [0.15, 0.2) is 89.9 Å². The number of nitrogens with one attached hydrogen (secondary N) is 1. The van der Waals surface area contributed by atoms with E-state index in [9.17, 15) is 8.42 Å². The highest BCUT2D eigenvalue weighted by Crippen LogP contribution is 2.28. The molecule has 148 valence electrons. The highest BCUT2D eigenvalue weighted by atomic mass is 32.2. The molecule has 29 heavy (non-hydrogen) atoms. The van der Waals surface area contributed by atoms with Gasteiger partial charge in [-0.3, -0.25) is 4.84 Å². The Labute approximate surface area is 168 Å². The lowest BCUT2D eigenvalue weighted by Crippen LogP contribution is -2.12. The first kappa shape index (κ1) is 19.0. The Bertz CT molecular complexity index is 1110. The second-order valence-electron chi connectivity index (χ2n) is 6.36. The average molecular weight is 410 g/mol. The lowest BCUT2D eigenvalue weighted by molar-refractivity contribution is 0.0273. The largest absolute Gasteiger partial charge is 0.457 e. The van der Waals surface area contributed by atoms with Gasteiger partial charge in [-0.05, 0) is 42.0 Å². The molecule has 2 heterocycles. The molecule has 0 saturated heterocycles. The minimum atomic E-state index is -3.35. The number of rotatable bonds is 6. The zero-order valence-electron chi connectivity index (χ0n) is 15.5. The maximum Gasteiger partial charge on any atom is 0.216 e. The maximum absolute atomic E-state index is 11.5. The molecule has 1 atom stereocenters. The summed E-state index contributed by atoms with van der Waals surface area (Å²) in [5.74, 6) is 2.29. The van der Waals surface area contributed by atoms with E-state index < -0.39 is 9.84 Å². The summed E-state index contributed by atoms with van der Waals surface area (Å²) in [5.41, 5.74) is 3.63. The predicted octanol–water partition coefficient (Wildman–Crippen LogP) is 3.77. The number of para-hydroxylation sites is 1. The van der Waals surface area contributed by atoms with E-state index in [1.165, 1.54) is 18.3 Å². The molecular formula is C21H18N2O5S. The van der Waals surface area contributed by atoms with Gasteiger partial charge in [-0.25, -0.2) is 18.9 Å². The number of benzene rings is 2. The third kappa shape index (κ3) is 4.74. The Morgan fingerprint density at radius 2 is 1.59 bits per heavy atom. The summed E-state index contributed by atoms with van der Waals surface area (Å²) < 4.78 is 34.3. The molecule has 7 nitrogen and oxygen atoms in total. The van der Waals surface area contributed by atoms with Crippen LogP contribution in [0.4, 0.5) is 0 Å². The van der Waals surface area contributed by atoms with Crippen LogP contribution in [0.5, 0.6) is 17.2 Å². The molecule has 1 aromatic heterocycles. The van der Waals surface area contributed by atoms with Crippen LogP contribution in [0.3, 0.4) is 0 Å². The lowest BCUT2D eigenvalue weighted by Gasteiger charge is -2.09. The van der Waals surface area contributed by atoms with E-state index >= 15 is 0 Å². The fourth-order valence-corrected chi connectivity index (χ4v) is 3.23. The quantitative estimate of drug-likeness (QED) is 0.662. The number of hydroxylamine groups is 1. The van der Waals surface area contributed by atoms with Crippen molar-refractivity contribution in [2.45, 2.75) is 11.1 Å². The van der Waals surface area contributed by atoms with Crippen molar-refractivity contribution in [3.05, 3.63) is 90.4 Å². The monoisotopic (exact) mass is 410 g/mol. The summed E-state index contributed by atoms with van der Waals surface area (Å²) >= 11 is 0. The average Bonchev–Trinajstić information content (AvgIpc) is 3.17. The van der Waals surface area contributed by atoms with Gasteiger partial charge in [-0.1, -0.05) is 30.3 Å². The molecule has 2 aromatic carbocycles.